The molecule has 1 aromatic heterocycles. The molecule has 0 aromatic carbocycles. The lowest BCUT2D eigenvalue weighted by molar-refractivity contribution is 0.0845. The molecule has 1 aromatic rings. The van der Waals surface area contributed by atoms with Gasteiger partial charge in [-0.15, -0.1) is 0 Å². The minimum Gasteiger partial charge on any atom is -0.309 e. The van der Waals surface area contributed by atoms with Crippen molar-refractivity contribution in [2.24, 2.45) is 0 Å². The van der Waals surface area contributed by atoms with E-state index in [0.717, 1.165) is 31.0 Å². The molecule has 1 N–H and O–H groups in total. The topological polar surface area (TPSA) is 41.0 Å². The van der Waals surface area contributed by atoms with Crippen molar-refractivity contribution in [2.75, 3.05) is 13.1 Å². The average molecular weight is 248 g/mol. The first-order valence-electron chi connectivity index (χ1n) is 6.77. The molecular formula is C14H24N4. The van der Waals surface area contributed by atoms with Crippen LogP contribution in [0.5, 0.6) is 0 Å². The number of aromatic nitrogens is 2. The van der Waals surface area contributed by atoms with Gasteiger partial charge >= 0.3 is 0 Å². The highest BCUT2D eigenvalue weighted by Crippen LogP contribution is 2.18. The summed E-state index contributed by atoms with van der Waals surface area (Å²) in [6.07, 6.45) is 4.92. The molecule has 0 amide bonds. The van der Waals surface area contributed by atoms with Gasteiger partial charge in [0.1, 0.15) is 0 Å². The normalized spacial score (nSPS) is 24.1. The van der Waals surface area contributed by atoms with Crippen LogP contribution in [0.15, 0.2) is 12.4 Å². The van der Waals surface area contributed by atoms with Crippen molar-refractivity contribution < 1.29 is 0 Å². The number of nitrogens with zero attached hydrogens (tertiary/aromatic N) is 3. The highest BCUT2D eigenvalue weighted by molar-refractivity contribution is 5.02. The number of nitrogens with one attached hydrogen (secondary N) is 1. The van der Waals surface area contributed by atoms with Crippen molar-refractivity contribution in [3.63, 3.8) is 0 Å². The van der Waals surface area contributed by atoms with Crippen LogP contribution in [0.3, 0.4) is 0 Å². The summed E-state index contributed by atoms with van der Waals surface area (Å²) < 4.78 is 0. The lowest BCUT2D eigenvalue weighted by atomic mass is 9.97. The summed E-state index contributed by atoms with van der Waals surface area (Å²) in [7, 11) is 0. The number of hydrogen-bond donors (Lipinski definition) is 1. The van der Waals surface area contributed by atoms with Gasteiger partial charge in [0.05, 0.1) is 11.4 Å². The quantitative estimate of drug-likeness (QED) is 0.885. The summed E-state index contributed by atoms with van der Waals surface area (Å²) in [6, 6.07) is 0.598. The molecule has 4 nitrogen and oxygen atoms in total. The molecule has 2 rings (SSSR count). The van der Waals surface area contributed by atoms with Crippen LogP contribution in [0.4, 0.5) is 0 Å². The zero-order chi connectivity index (χ0) is 13.2. The Bertz CT molecular complexity index is 385. The molecule has 18 heavy (non-hydrogen) atoms. The predicted molar refractivity (Wildman–Crippen MR) is 73.3 cm³/mol. The molecule has 0 spiro atoms. The van der Waals surface area contributed by atoms with E-state index in [2.05, 4.69) is 41.0 Å². The number of piperazine rings is 1. The highest BCUT2D eigenvalue weighted by Gasteiger charge is 2.31. The van der Waals surface area contributed by atoms with Gasteiger partial charge in [-0.05, 0) is 27.2 Å². The van der Waals surface area contributed by atoms with Crippen LogP contribution in [-0.2, 0) is 6.54 Å². The Balaban J connectivity index is 2.07. The second kappa shape index (κ2) is 5.33. The van der Waals surface area contributed by atoms with E-state index in [1.165, 1.54) is 6.42 Å². The van der Waals surface area contributed by atoms with Crippen LogP contribution >= 0.6 is 0 Å². The second-order valence-electron chi connectivity index (χ2n) is 5.88. The van der Waals surface area contributed by atoms with E-state index < -0.39 is 0 Å². The van der Waals surface area contributed by atoms with Crippen LogP contribution in [0.1, 0.15) is 38.6 Å². The molecule has 0 radical (unpaired) electrons. The summed E-state index contributed by atoms with van der Waals surface area (Å²) in [5.41, 5.74) is 2.23. The maximum Gasteiger partial charge on any atom is 0.0727 e. The molecule has 1 aliphatic heterocycles. The number of aryl methyl sites for hydroxylation is 1. The van der Waals surface area contributed by atoms with Gasteiger partial charge in [-0.1, -0.05) is 6.92 Å². The first kappa shape index (κ1) is 13.4. The summed E-state index contributed by atoms with van der Waals surface area (Å²) in [5, 5.41) is 3.61. The second-order valence-corrected chi connectivity index (χ2v) is 5.88. The minimum absolute atomic E-state index is 0.184. The monoisotopic (exact) mass is 248 g/mol. The van der Waals surface area contributed by atoms with E-state index in [1.807, 2.05) is 19.3 Å². The third kappa shape index (κ3) is 3.27. The lowest BCUT2D eigenvalue weighted by Gasteiger charge is -2.44. The van der Waals surface area contributed by atoms with Gasteiger partial charge in [-0.3, -0.25) is 14.9 Å². The average Bonchev–Trinajstić information content (AvgIpc) is 2.31. The van der Waals surface area contributed by atoms with Gasteiger partial charge in [-0.2, -0.15) is 0 Å². The standard InChI is InChI=1S/C14H24N4/c1-5-13-8-17-14(3,4)10-18(13)9-12-7-15-11(2)6-16-12/h6-7,13,17H,5,8-10H2,1-4H3. The molecule has 0 bridgehead atoms. The Morgan fingerprint density at radius 1 is 1.39 bits per heavy atom. The van der Waals surface area contributed by atoms with Crippen LogP contribution < -0.4 is 5.32 Å². The molecule has 1 unspecified atom stereocenters. The van der Waals surface area contributed by atoms with Gasteiger partial charge in [0.15, 0.2) is 0 Å². The van der Waals surface area contributed by atoms with E-state index in [1.54, 1.807) is 0 Å². The fourth-order valence-corrected chi connectivity index (χ4v) is 2.51. The van der Waals surface area contributed by atoms with E-state index in [0.29, 0.717) is 6.04 Å². The van der Waals surface area contributed by atoms with Crippen molar-refractivity contribution >= 4 is 0 Å². The summed E-state index contributed by atoms with van der Waals surface area (Å²) in [5.74, 6) is 0. The maximum absolute atomic E-state index is 4.46. The highest BCUT2D eigenvalue weighted by atomic mass is 15.2. The molecule has 1 saturated heterocycles. The Morgan fingerprint density at radius 3 is 2.78 bits per heavy atom. The number of hydrogen-bond acceptors (Lipinski definition) is 4. The third-order valence-electron chi connectivity index (χ3n) is 3.60. The van der Waals surface area contributed by atoms with Crippen molar-refractivity contribution in [2.45, 2.75) is 52.2 Å². The van der Waals surface area contributed by atoms with Crippen molar-refractivity contribution in [3.8, 4) is 0 Å². The molecule has 0 aliphatic carbocycles. The van der Waals surface area contributed by atoms with Crippen LogP contribution in [0, 0.1) is 6.92 Å². The maximum atomic E-state index is 4.46. The van der Waals surface area contributed by atoms with E-state index in [4.69, 9.17) is 0 Å². The zero-order valence-electron chi connectivity index (χ0n) is 11.9. The summed E-state index contributed by atoms with van der Waals surface area (Å²) in [4.78, 5) is 11.3. The molecule has 1 aliphatic rings. The predicted octanol–water partition coefficient (Wildman–Crippen LogP) is 1.75. The SMILES string of the molecule is CCC1CNC(C)(C)CN1Cc1cnc(C)cn1. The van der Waals surface area contributed by atoms with E-state index in [-0.39, 0.29) is 5.54 Å². The fourth-order valence-electron chi connectivity index (χ4n) is 2.51. The van der Waals surface area contributed by atoms with Crippen LogP contribution in [0.2, 0.25) is 0 Å². The Hall–Kier alpha value is -1.00. The summed E-state index contributed by atoms with van der Waals surface area (Å²) >= 11 is 0. The number of rotatable bonds is 3. The smallest absolute Gasteiger partial charge is 0.0727 e. The minimum atomic E-state index is 0.184. The summed E-state index contributed by atoms with van der Waals surface area (Å²) in [6.45, 7) is 11.7. The Kier molecular flexibility index (Phi) is 3.97. The molecular weight excluding hydrogens is 224 g/mol. The fraction of sp³-hybridized carbons (Fsp3) is 0.714. The first-order valence-corrected chi connectivity index (χ1v) is 6.77. The van der Waals surface area contributed by atoms with Crippen molar-refractivity contribution in [3.05, 3.63) is 23.8 Å². The van der Waals surface area contributed by atoms with Gasteiger partial charge < -0.3 is 5.32 Å². The lowest BCUT2D eigenvalue weighted by Crippen LogP contribution is -2.61. The largest absolute Gasteiger partial charge is 0.309 e. The van der Waals surface area contributed by atoms with E-state index >= 15 is 0 Å². The zero-order valence-corrected chi connectivity index (χ0v) is 11.9. The van der Waals surface area contributed by atoms with Gasteiger partial charge in [0.2, 0.25) is 0 Å². The Labute approximate surface area is 110 Å². The van der Waals surface area contributed by atoms with E-state index in [9.17, 15) is 0 Å². The van der Waals surface area contributed by atoms with Crippen molar-refractivity contribution in [1.29, 1.82) is 0 Å². The molecule has 4 heteroatoms. The molecule has 100 valence electrons. The first-order chi connectivity index (χ1) is 8.50. The molecule has 2 heterocycles. The van der Waals surface area contributed by atoms with Gasteiger partial charge in [0, 0.05) is 43.6 Å². The van der Waals surface area contributed by atoms with Gasteiger partial charge in [-0.25, -0.2) is 0 Å². The van der Waals surface area contributed by atoms with Gasteiger partial charge in [0.25, 0.3) is 0 Å². The van der Waals surface area contributed by atoms with Crippen LogP contribution in [-0.4, -0.2) is 39.5 Å². The molecule has 0 saturated carbocycles. The van der Waals surface area contributed by atoms with Crippen molar-refractivity contribution in [1.82, 2.24) is 20.2 Å². The molecule has 1 atom stereocenters. The molecule has 1 fully saturated rings. The Morgan fingerprint density at radius 2 is 2.17 bits per heavy atom. The van der Waals surface area contributed by atoms with Crippen LogP contribution in [0.25, 0.3) is 0 Å². The third-order valence-corrected chi connectivity index (χ3v) is 3.60.